The average Bonchev–Trinajstić information content (AvgIpc) is 2.05. The van der Waals surface area contributed by atoms with Crippen LogP contribution in [0.2, 0.25) is 0 Å². The molecule has 0 aliphatic heterocycles. The molecule has 0 saturated heterocycles. The standard InChI is InChI=1S/C8H14N2O/c1-9-6-4-3-5-7(10-2)8(6)11/h6-9,11H,3-5H2,1H3/t6-,7-,8+/m0/s1. The molecule has 1 aliphatic carbocycles. The van der Waals surface area contributed by atoms with Crippen LogP contribution in [-0.2, 0) is 0 Å². The Balaban J connectivity index is 2.53. The van der Waals surface area contributed by atoms with Crippen molar-refractivity contribution < 1.29 is 5.11 Å². The summed E-state index contributed by atoms with van der Waals surface area (Å²) in [5, 5.41) is 12.6. The van der Waals surface area contributed by atoms with Gasteiger partial charge in [-0.3, -0.25) is 0 Å². The predicted octanol–water partition coefficient (Wildman–Crippen LogP) is 0.407. The summed E-state index contributed by atoms with van der Waals surface area (Å²) in [5.41, 5.74) is 0. The van der Waals surface area contributed by atoms with Gasteiger partial charge in [0.25, 0.3) is 6.04 Å². The Kier molecular flexibility index (Phi) is 2.86. The van der Waals surface area contributed by atoms with Gasteiger partial charge in [-0.15, -0.1) is 0 Å². The first-order valence-electron chi connectivity index (χ1n) is 4.01. The maximum Gasteiger partial charge on any atom is 0.250 e. The first-order chi connectivity index (χ1) is 5.29. The monoisotopic (exact) mass is 154 g/mol. The summed E-state index contributed by atoms with van der Waals surface area (Å²) in [4.78, 5) is 3.39. The Morgan fingerprint density at radius 3 is 2.82 bits per heavy atom. The molecule has 0 aromatic rings. The maximum absolute atomic E-state index is 9.55. The lowest BCUT2D eigenvalue weighted by molar-refractivity contribution is 0.0879. The largest absolute Gasteiger partial charge is 0.383 e. The Labute approximate surface area is 67.2 Å². The highest BCUT2D eigenvalue weighted by atomic mass is 16.3. The van der Waals surface area contributed by atoms with Crippen LogP contribution in [-0.4, -0.2) is 30.3 Å². The summed E-state index contributed by atoms with van der Waals surface area (Å²) in [6.45, 7) is 6.83. The molecule has 0 aromatic carbocycles. The van der Waals surface area contributed by atoms with Crippen molar-refractivity contribution >= 4 is 0 Å². The van der Waals surface area contributed by atoms with Crippen molar-refractivity contribution in [2.75, 3.05) is 7.05 Å². The van der Waals surface area contributed by atoms with E-state index >= 15 is 0 Å². The lowest BCUT2D eigenvalue weighted by Crippen LogP contribution is -2.46. The zero-order chi connectivity index (χ0) is 8.27. The average molecular weight is 154 g/mol. The van der Waals surface area contributed by atoms with Crippen LogP contribution in [0.4, 0.5) is 0 Å². The molecule has 2 N–H and O–H groups in total. The molecule has 0 spiro atoms. The van der Waals surface area contributed by atoms with Crippen LogP contribution >= 0.6 is 0 Å². The number of nitrogens with zero attached hydrogens (tertiary/aromatic N) is 1. The van der Waals surface area contributed by atoms with Gasteiger partial charge in [0.2, 0.25) is 0 Å². The summed E-state index contributed by atoms with van der Waals surface area (Å²) in [5.74, 6) is 0. The molecule has 0 heterocycles. The van der Waals surface area contributed by atoms with Gasteiger partial charge in [0, 0.05) is 12.5 Å². The highest BCUT2D eigenvalue weighted by Crippen LogP contribution is 2.21. The normalized spacial score (nSPS) is 38.1. The van der Waals surface area contributed by atoms with E-state index in [0.29, 0.717) is 0 Å². The molecule has 0 bridgehead atoms. The number of nitrogens with one attached hydrogen (secondary N) is 1. The Morgan fingerprint density at radius 2 is 2.27 bits per heavy atom. The van der Waals surface area contributed by atoms with Crippen molar-refractivity contribution in [2.24, 2.45) is 0 Å². The molecular weight excluding hydrogens is 140 g/mol. The fourth-order valence-corrected chi connectivity index (χ4v) is 1.61. The first kappa shape index (κ1) is 8.51. The Bertz CT molecular complexity index is 164. The minimum absolute atomic E-state index is 0.128. The van der Waals surface area contributed by atoms with E-state index in [9.17, 15) is 5.11 Å². The number of likely N-dealkylation sites (N-methyl/N-ethyl adjacent to an activating group) is 1. The highest BCUT2D eigenvalue weighted by molar-refractivity contribution is 4.95. The fraction of sp³-hybridized carbons (Fsp3) is 0.875. The van der Waals surface area contributed by atoms with Crippen LogP contribution in [0.25, 0.3) is 4.85 Å². The van der Waals surface area contributed by atoms with Crippen molar-refractivity contribution in [3.8, 4) is 0 Å². The van der Waals surface area contributed by atoms with Gasteiger partial charge in [0.15, 0.2) is 0 Å². The van der Waals surface area contributed by atoms with Crippen molar-refractivity contribution in [2.45, 2.75) is 37.5 Å². The number of aliphatic hydroxyl groups excluding tert-OH is 1. The number of rotatable bonds is 1. The molecule has 1 saturated carbocycles. The van der Waals surface area contributed by atoms with E-state index in [4.69, 9.17) is 6.57 Å². The predicted molar refractivity (Wildman–Crippen MR) is 43.1 cm³/mol. The van der Waals surface area contributed by atoms with Crippen LogP contribution in [0.1, 0.15) is 19.3 Å². The van der Waals surface area contributed by atoms with Gasteiger partial charge < -0.3 is 15.3 Å². The van der Waals surface area contributed by atoms with E-state index in [0.717, 1.165) is 19.3 Å². The third kappa shape index (κ3) is 1.70. The first-order valence-corrected chi connectivity index (χ1v) is 4.01. The zero-order valence-corrected chi connectivity index (χ0v) is 6.75. The Hall–Kier alpha value is -0.590. The summed E-state index contributed by atoms with van der Waals surface area (Å²) >= 11 is 0. The molecule has 1 fully saturated rings. The second kappa shape index (κ2) is 3.70. The molecule has 0 unspecified atom stereocenters. The summed E-state index contributed by atoms with van der Waals surface area (Å²) in [6, 6.07) is -0.0518. The third-order valence-corrected chi connectivity index (χ3v) is 2.36. The van der Waals surface area contributed by atoms with Crippen LogP contribution in [0, 0.1) is 6.57 Å². The fourth-order valence-electron chi connectivity index (χ4n) is 1.61. The lowest BCUT2D eigenvalue weighted by atomic mass is 9.89. The van der Waals surface area contributed by atoms with Gasteiger partial charge in [-0.1, -0.05) is 0 Å². The van der Waals surface area contributed by atoms with Gasteiger partial charge in [-0.05, 0) is 19.9 Å². The minimum atomic E-state index is -0.466. The van der Waals surface area contributed by atoms with Gasteiger partial charge in [-0.25, -0.2) is 6.57 Å². The number of hydrogen-bond donors (Lipinski definition) is 2. The third-order valence-electron chi connectivity index (χ3n) is 2.36. The lowest BCUT2D eigenvalue weighted by Gasteiger charge is -2.27. The molecule has 3 atom stereocenters. The van der Waals surface area contributed by atoms with Gasteiger partial charge in [-0.2, -0.15) is 0 Å². The number of hydrogen-bond acceptors (Lipinski definition) is 2. The molecule has 1 aliphatic rings. The topological polar surface area (TPSA) is 36.6 Å². The molecule has 3 nitrogen and oxygen atoms in total. The summed E-state index contributed by atoms with van der Waals surface area (Å²) in [7, 11) is 1.83. The van der Waals surface area contributed by atoms with E-state index in [1.54, 1.807) is 0 Å². The summed E-state index contributed by atoms with van der Waals surface area (Å²) in [6.07, 6.45) is 2.42. The van der Waals surface area contributed by atoms with Crippen molar-refractivity contribution in [1.29, 1.82) is 0 Å². The molecule has 0 aromatic heterocycles. The quantitative estimate of drug-likeness (QED) is 0.537. The van der Waals surface area contributed by atoms with Crippen molar-refractivity contribution in [1.82, 2.24) is 5.32 Å². The van der Waals surface area contributed by atoms with Gasteiger partial charge in [0.1, 0.15) is 6.10 Å². The second-order valence-corrected chi connectivity index (χ2v) is 3.01. The van der Waals surface area contributed by atoms with Crippen molar-refractivity contribution in [3.63, 3.8) is 0 Å². The van der Waals surface area contributed by atoms with E-state index in [1.165, 1.54) is 0 Å². The van der Waals surface area contributed by atoms with Gasteiger partial charge in [0.05, 0.1) is 0 Å². The molecule has 3 heteroatoms. The van der Waals surface area contributed by atoms with Crippen LogP contribution in [0.3, 0.4) is 0 Å². The smallest absolute Gasteiger partial charge is 0.250 e. The zero-order valence-electron chi connectivity index (χ0n) is 6.75. The van der Waals surface area contributed by atoms with E-state index in [-0.39, 0.29) is 12.1 Å². The number of aliphatic hydroxyl groups is 1. The molecule has 11 heavy (non-hydrogen) atoms. The molecule has 1 rings (SSSR count). The van der Waals surface area contributed by atoms with E-state index in [2.05, 4.69) is 10.2 Å². The van der Waals surface area contributed by atoms with E-state index in [1.807, 2.05) is 7.05 Å². The van der Waals surface area contributed by atoms with Crippen LogP contribution in [0.15, 0.2) is 0 Å². The Morgan fingerprint density at radius 1 is 1.55 bits per heavy atom. The molecule has 0 amide bonds. The van der Waals surface area contributed by atoms with Crippen molar-refractivity contribution in [3.05, 3.63) is 11.4 Å². The van der Waals surface area contributed by atoms with E-state index < -0.39 is 6.10 Å². The van der Waals surface area contributed by atoms with Gasteiger partial charge >= 0.3 is 0 Å². The SMILES string of the molecule is [C-]#[N+][C@H]1CCC[C@H](NC)[C@H]1O. The highest BCUT2D eigenvalue weighted by Gasteiger charge is 2.34. The van der Waals surface area contributed by atoms with Crippen LogP contribution < -0.4 is 5.32 Å². The molecule has 0 radical (unpaired) electrons. The van der Waals surface area contributed by atoms with Crippen LogP contribution in [0.5, 0.6) is 0 Å². The molecular formula is C8H14N2O. The second-order valence-electron chi connectivity index (χ2n) is 3.01. The minimum Gasteiger partial charge on any atom is -0.383 e. The molecule has 62 valence electrons. The maximum atomic E-state index is 9.55. The summed E-state index contributed by atoms with van der Waals surface area (Å²) < 4.78 is 0.